The molecule has 1 heterocycles. The van der Waals surface area contributed by atoms with Crippen LogP contribution in [0.15, 0.2) is 18.2 Å². The monoisotopic (exact) mass is 308 g/mol. The first-order valence-electron chi connectivity index (χ1n) is 7.74. The van der Waals surface area contributed by atoms with Gasteiger partial charge >= 0.3 is 0 Å². The molecule has 6 heteroatoms. The quantitative estimate of drug-likeness (QED) is 0.596. The van der Waals surface area contributed by atoms with Gasteiger partial charge in [0, 0.05) is 24.7 Å². The third-order valence-corrected chi connectivity index (χ3v) is 4.34. The number of non-ortho nitro benzene ring substituents is 1. The van der Waals surface area contributed by atoms with Crippen LogP contribution in [0.5, 0.6) is 11.5 Å². The molecule has 0 aliphatic carbocycles. The van der Waals surface area contributed by atoms with E-state index in [0.717, 1.165) is 6.54 Å². The number of nitro benzene ring substituents is 1. The first kappa shape index (κ1) is 16.5. The highest BCUT2D eigenvalue weighted by Crippen LogP contribution is 2.31. The molecule has 2 atom stereocenters. The molecule has 0 spiro atoms. The molecule has 1 saturated heterocycles. The van der Waals surface area contributed by atoms with Gasteiger partial charge in [-0.15, -0.1) is 0 Å². The van der Waals surface area contributed by atoms with Gasteiger partial charge in [0.1, 0.15) is 6.61 Å². The predicted octanol–water partition coefficient (Wildman–Crippen LogP) is 3.25. The van der Waals surface area contributed by atoms with Crippen molar-refractivity contribution in [2.24, 2.45) is 0 Å². The molecule has 6 nitrogen and oxygen atoms in total. The van der Waals surface area contributed by atoms with E-state index in [2.05, 4.69) is 18.7 Å². The number of ether oxygens (including phenoxy) is 2. The maximum absolute atomic E-state index is 10.8. The number of hydrogen-bond acceptors (Lipinski definition) is 5. The van der Waals surface area contributed by atoms with E-state index in [1.165, 1.54) is 38.5 Å². The fourth-order valence-electron chi connectivity index (χ4n) is 3.07. The number of likely N-dealkylation sites (tertiary alicyclic amines) is 1. The summed E-state index contributed by atoms with van der Waals surface area (Å²) < 4.78 is 11.0. The van der Waals surface area contributed by atoms with Gasteiger partial charge in [-0.1, -0.05) is 6.42 Å². The van der Waals surface area contributed by atoms with Crippen molar-refractivity contribution < 1.29 is 14.4 Å². The Morgan fingerprint density at radius 2 is 1.95 bits per heavy atom. The SMILES string of the molecule is COc1cc([N+](=O)[O-])ccc1OCCN1C(C)CCCC1C. The predicted molar refractivity (Wildman–Crippen MR) is 84.6 cm³/mol. The van der Waals surface area contributed by atoms with Gasteiger partial charge in [-0.2, -0.15) is 0 Å². The van der Waals surface area contributed by atoms with Crippen LogP contribution in [0.3, 0.4) is 0 Å². The van der Waals surface area contributed by atoms with Crippen LogP contribution in [-0.2, 0) is 0 Å². The van der Waals surface area contributed by atoms with Gasteiger partial charge in [0.05, 0.1) is 18.1 Å². The fourth-order valence-corrected chi connectivity index (χ4v) is 3.07. The Hall–Kier alpha value is -1.82. The minimum absolute atomic E-state index is 0.00229. The average molecular weight is 308 g/mol. The molecule has 1 aromatic rings. The summed E-state index contributed by atoms with van der Waals surface area (Å²) in [5.74, 6) is 0.944. The van der Waals surface area contributed by atoms with E-state index in [4.69, 9.17) is 9.47 Å². The van der Waals surface area contributed by atoms with Crippen LogP contribution < -0.4 is 9.47 Å². The average Bonchev–Trinajstić information content (AvgIpc) is 2.50. The lowest BCUT2D eigenvalue weighted by atomic mass is 9.98. The summed E-state index contributed by atoms with van der Waals surface area (Å²) in [6.45, 7) is 5.90. The molecule has 0 saturated carbocycles. The fraction of sp³-hybridized carbons (Fsp3) is 0.625. The number of nitrogens with zero attached hydrogens (tertiary/aromatic N) is 2. The van der Waals surface area contributed by atoms with E-state index in [1.807, 2.05) is 0 Å². The molecule has 0 N–H and O–H groups in total. The molecule has 1 aromatic carbocycles. The van der Waals surface area contributed by atoms with E-state index in [9.17, 15) is 10.1 Å². The first-order valence-corrected chi connectivity index (χ1v) is 7.74. The molecule has 2 unspecified atom stereocenters. The zero-order valence-corrected chi connectivity index (χ0v) is 13.4. The van der Waals surface area contributed by atoms with Gasteiger partial charge in [-0.25, -0.2) is 0 Å². The summed E-state index contributed by atoms with van der Waals surface area (Å²) in [5.41, 5.74) is 0.00229. The van der Waals surface area contributed by atoms with Crippen LogP contribution in [0.25, 0.3) is 0 Å². The summed E-state index contributed by atoms with van der Waals surface area (Å²) in [5, 5.41) is 10.8. The number of hydrogen-bond donors (Lipinski definition) is 0. The Bertz CT molecular complexity index is 511. The smallest absolute Gasteiger partial charge is 0.273 e. The van der Waals surface area contributed by atoms with Crippen molar-refractivity contribution in [2.75, 3.05) is 20.3 Å². The van der Waals surface area contributed by atoms with E-state index in [-0.39, 0.29) is 5.69 Å². The lowest BCUT2D eigenvalue weighted by molar-refractivity contribution is -0.384. The molecule has 0 amide bonds. The van der Waals surface area contributed by atoms with Crippen molar-refractivity contribution in [3.8, 4) is 11.5 Å². The number of nitro groups is 1. The van der Waals surface area contributed by atoms with Crippen LogP contribution >= 0.6 is 0 Å². The van der Waals surface area contributed by atoms with Gasteiger partial charge < -0.3 is 9.47 Å². The topological polar surface area (TPSA) is 64.8 Å². The minimum atomic E-state index is -0.441. The van der Waals surface area contributed by atoms with Crippen molar-refractivity contribution in [1.82, 2.24) is 4.90 Å². The molecule has 1 aliphatic rings. The van der Waals surface area contributed by atoms with Gasteiger partial charge in [-0.3, -0.25) is 15.0 Å². The van der Waals surface area contributed by atoms with E-state index in [1.54, 1.807) is 6.07 Å². The largest absolute Gasteiger partial charge is 0.493 e. The van der Waals surface area contributed by atoms with Crippen molar-refractivity contribution >= 4 is 5.69 Å². The Kier molecular flexibility index (Phi) is 5.60. The highest BCUT2D eigenvalue weighted by molar-refractivity contribution is 5.48. The van der Waals surface area contributed by atoms with Crippen molar-refractivity contribution in [3.05, 3.63) is 28.3 Å². The summed E-state index contributed by atoms with van der Waals surface area (Å²) in [4.78, 5) is 12.8. The molecule has 1 aliphatic heterocycles. The number of piperidine rings is 1. The Balaban J connectivity index is 1.95. The number of methoxy groups -OCH3 is 1. The van der Waals surface area contributed by atoms with Crippen LogP contribution in [0.1, 0.15) is 33.1 Å². The molecular formula is C16H24N2O4. The van der Waals surface area contributed by atoms with Crippen molar-refractivity contribution in [2.45, 2.75) is 45.2 Å². The van der Waals surface area contributed by atoms with Crippen LogP contribution in [0.4, 0.5) is 5.69 Å². The van der Waals surface area contributed by atoms with E-state index >= 15 is 0 Å². The van der Waals surface area contributed by atoms with Crippen molar-refractivity contribution in [1.29, 1.82) is 0 Å². The molecule has 1 fully saturated rings. The molecule has 22 heavy (non-hydrogen) atoms. The molecule has 0 bridgehead atoms. The van der Waals surface area contributed by atoms with Gasteiger partial charge in [0.2, 0.25) is 0 Å². The number of rotatable bonds is 6. The first-order chi connectivity index (χ1) is 10.5. The van der Waals surface area contributed by atoms with E-state index in [0.29, 0.717) is 30.2 Å². The summed E-state index contributed by atoms with van der Waals surface area (Å²) in [6.07, 6.45) is 3.74. The highest BCUT2D eigenvalue weighted by Gasteiger charge is 2.24. The lowest BCUT2D eigenvalue weighted by Crippen LogP contribution is -2.45. The maximum Gasteiger partial charge on any atom is 0.273 e. The van der Waals surface area contributed by atoms with Crippen LogP contribution in [0.2, 0.25) is 0 Å². The van der Waals surface area contributed by atoms with Crippen LogP contribution in [-0.4, -0.2) is 42.2 Å². The zero-order chi connectivity index (χ0) is 16.1. The molecule has 0 radical (unpaired) electrons. The Morgan fingerprint density at radius 3 is 2.55 bits per heavy atom. The summed E-state index contributed by atoms with van der Waals surface area (Å²) in [6, 6.07) is 5.57. The standard InChI is InChI=1S/C16H24N2O4/c1-12-5-4-6-13(2)17(12)9-10-22-15-8-7-14(18(19)20)11-16(15)21-3/h7-8,11-13H,4-6,9-10H2,1-3H3. The maximum atomic E-state index is 10.8. The third-order valence-electron chi connectivity index (χ3n) is 4.34. The minimum Gasteiger partial charge on any atom is -0.493 e. The highest BCUT2D eigenvalue weighted by atomic mass is 16.6. The third kappa shape index (κ3) is 3.88. The molecule has 2 rings (SSSR count). The summed E-state index contributed by atoms with van der Waals surface area (Å²) >= 11 is 0. The second-order valence-corrected chi connectivity index (χ2v) is 5.81. The Labute approximate surface area is 131 Å². The molecule has 122 valence electrons. The Morgan fingerprint density at radius 1 is 1.27 bits per heavy atom. The normalized spacial score (nSPS) is 22.3. The number of benzene rings is 1. The van der Waals surface area contributed by atoms with E-state index < -0.39 is 4.92 Å². The molecular weight excluding hydrogens is 284 g/mol. The van der Waals surface area contributed by atoms with Gasteiger partial charge in [0.15, 0.2) is 11.5 Å². The summed E-state index contributed by atoms with van der Waals surface area (Å²) in [7, 11) is 1.49. The van der Waals surface area contributed by atoms with Crippen molar-refractivity contribution in [3.63, 3.8) is 0 Å². The van der Waals surface area contributed by atoms with Gasteiger partial charge in [0.25, 0.3) is 5.69 Å². The lowest BCUT2D eigenvalue weighted by Gasteiger charge is -2.38. The van der Waals surface area contributed by atoms with Crippen LogP contribution in [0, 0.1) is 10.1 Å². The second-order valence-electron chi connectivity index (χ2n) is 5.81. The van der Waals surface area contributed by atoms with Gasteiger partial charge in [-0.05, 0) is 32.8 Å². The zero-order valence-electron chi connectivity index (χ0n) is 13.4. The second kappa shape index (κ2) is 7.45. The molecule has 0 aromatic heterocycles.